The van der Waals surface area contributed by atoms with E-state index in [2.05, 4.69) is 56.2 Å². The lowest BCUT2D eigenvalue weighted by Crippen LogP contribution is -2.53. The minimum absolute atomic E-state index is 0.0191. The smallest absolute Gasteiger partial charge is 0.340 e. The molecule has 1 heterocycles. The molecule has 5 nitrogen and oxygen atoms in total. The Morgan fingerprint density at radius 1 is 1.20 bits per heavy atom. The van der Waals surface area contributed by atoms with Crippen LogP contribution in [-0.2, 0) is 21.4 Å². The number of benzene rings is 1. The zero-order valence-corrected chi connectivity index (χ0v) is 22.4. The molecule has 1 aromatic carbocycles. The Labute approximate surface area is 217 Å². The second kappa shape index (κ2) is 10.1. The first-order chi connectivity index (χ1) is 16.5. The number of pyridine rings is 1. The highest BCUT2D eigenvalue weighted by molar-refractivity contribution is 6.41. The number of hydrogen-bond acceptors (Lipinski definition) is 4. The first-order valence-electron chi connectivity index (χ1n) is 12.4. The number of esters is 1. The first-order valence-corrected chi connectivity index (χ1v) is 13.2. The van der Waals surface area contributed by atoms with Gasteiger partial charge in [0.15, 0.2) is 6.61 Å². The largest absolute Gasteiger partial charge is 0.452 e. The predicted octanol–water partition coefficient (Wildman–Crippen LogP) is 6.50. The van der Waals surface area contributed by atoms with Crippen LogP contribution in [-0.4, -0.2) is 30.0 Å². The van der Waals surface area contributed by atoms with Crippen molar-refractivity contribution in [2.45, 2.75) is 71.1 Å². The lowest BCUT2D eigenvalue weighted by molar-refractivity contribution is -0.125. The predicted molar refractivity (Wildman–Crippen MR) is 139 cm³/mol. The molecule has 1 fully saturated rings. The first kappa shape index (κ1) is 26.0. The molecule has 2 aliphatic carbocycles. The summed E-state index contributed by atoms with van der Waals surface area (Å²) >= 11 is 11.7. The lowest BCUT2D eigenvalue weighted by Gasteiger charge is -2.55. The molecule has 0 bridgehead atoms. The molecule has 188 valence electrons. The van der Waals surface area contributed by atoms with Crippen LogP contribution in [0, 0.1) is 11.3 Å². The van der Waals surface area contributed by atoms with E-state index in [0.717, 1.165) is 25.7 Å². The van der Waals surface area contributed by atoms with Crippen LogP contribution in [0.4, 0.5) is 0 Å². The fourth-order valence-corrected chi connectivity index (χ4v) is 6.58. The molecule has 0 aliphatic heterocycles. The monoisotopic (exact) mass is 516 g/mol. The maximum atomic E-state index is 12.6. The van der Waals surface area contributed by atoms with E-state index in [9.17, 15) is 9.59 Å². The Bertz CT molecular complexity index is 1140. The minimum atomic E-state index is -0.660. The number of amides is 1. The van der Waals surface area contributed by atoms with Crippen molar-refractivity contribution in [3.05, 3.63) is 62.9 Å². The van der Waals surface area contributed by atoms with Crippen LogP contribution in [0.5, 0.6) is 0 Å². The number of rotatable bonds is 6. The zero-order chi connectivity index (χ0) is 25.4. The van der Waals surface area contributed by atoms with Crippen LogP contribution < -0.4 is 5.32 Å². The van der Waals surface area contributed by atoms with Gasteiger partial charge in [0.2, 0.25) is 0 Å². The SMILES string of the molecule is CC(C)c1ccc2c(c1)CCC1C(C)(CNC(=O)COC(=O)c3cnc(Cl)c(Cl)c3)CCCC21C. The Kier molecular flexibility index (Phi) is 7.49. The molecule has 0 saturated heterocycles. The number of carbonyl (C=O) groups excluding carboxylic acids is 2. The van der Waals surface area contributed by atoms with Crippen molar-refractivity contribution >= 4 is 35.1 Å². The van der Waals surface area contributed by atoms with Gasteiger partial charge < -0.3 is 10.1 Å². The Hall–Kier alpha value is -2.11. The van der Waals surface area contributed by atoms with Crippen molar-refractivity contribution in [3.63, 3.8) is 0 Å². The molecular formula is C28H34Cl2N2O3. The number of nitrogens with zero attached hydrogens (tertiary/aromatic N) is 1. The van der Waals surface area contributed by atoms with E-state index in [1.807, 2.05) is 0 Å². The number of nitrogens with one attached hydrogen (secondary N) is 1. The molecule has 4 rings (SSSR count). The average molecular weight is 517 g/mol. The summed E-state index contributed by atoms with van der Waals surface area (Å²) in [5, 5.41) is 3.31. The van der Waals surface area contributed by atoms with Gasteiger partial charge in [-0.3, -0.25) is 4.79 Å². The van der Waals surface area contributed by atoms with Crippen LogP contribution in [0.15, 0.2) is 30.5 Å². The fraction of sp³-hybridized carbons (Fsp3) is 0.536. The molecule has 1 N–H and O–H groups in total. The Balaban J connectivity index is 1.40. The van der Waals surface area contributed by atoms with Crippen LogP contribution in [0.3, 0.4) is 0 Å². The van der Waals surface area contributed by atoms with Gasteiger partial charge in [-0.2, -0.15) is 0 Å². The van der Waals surface area contributed by atoms with Crippen LogP contribution in [0.2, 0.25) is 10.2 Å². The standard InChI is InChI=1S/C28H34Cl2N2O3/c1-17(2)18-6-8-21-19(12-18)7-9-23-27(3,10-5-11-28(21,23)4)16-32-24(33)15-35-26(34)20-13-22(29)25(30)31-14-20/h6,8,12-14,17,23H,5,7,9-11,15-16H2,1-4H3,(H,32,33). The van der Waals surface area contributed by atoms with Crippen molar-refractivity contribution in [1.82, 2.24) is 10.3 Å². The van der Waals surface area contributed by atoms with Gasteiger partial charge in [-0.1, -0.05) is 75.5 Å². The molecule has 0 radical (unpaired) electrons. The average Bonchev–Trinajstić information content (AvgIpc) is 2.82. The van der Waals surface area contributed by atoms with Gasteiger partial charge in [-0.25, -0.2) is 9.78 Å². The van der Waals surface area contributed by atoms with Gasteiger partial charge in [0.1, 0.15) is 5.15 Å². The van der Waals surface area contributed by atoms with E-state index in [1.54, 1.807) is 0 Å². The van der Waals surface area contributed by atoms with Crippen molar-refractivity contribution in [1.29, 1.82) is 0 Å². The van der Waals surface area contributed by atoms with E-state index in [-0.39, 0.29) is 39.1 Å². The maximum Gasteiger partial charge on any atom is 0.340 e. The number of ether oxygens (including phenoxy) is 1. The summed E-state index contributed by atoms with van der Waals surface area (Å²) < 4.78 is 5.17. The van der Waals surface area contributed by atoms with Crippen molar-refractivity contribution < 1.29 is 14.3 Å². The van der Waals surface area contributed by atoms with Crippen LogP contribution in [0.1, 0.15) is 86.3 Å². The van der Waals surface area contributed by atoms with E-state index in [1.165, 1.54) is 35.4 Å². The molecule has 2 aliphatic rings. The van der Waals surface area contributed by atoms with E-state index < -0.39 is 5.97 Å². The summed E-state index contributed by atoms with van der Waals surface area (Å²) in [5.74, 6) is 0.0379. The second-order valence-corrected chi connectivity index (χ2v) is 11.7. The number of aryl methyl sites for hydroxylation is 1. The van der Waals surface area contributed by atoms with Crippen LogP contribution in [0.25, 0.3) is 0 Å². The van der Waals surface area contributed by atoms with Gasteiger partial charge >= 0.3 is 5.97 Å². The Morgan fingerprint density at radius 3 is 2.69 bits per heavy atom. The van der Waals surface area contributed by atoms with Gasteiger partial charge in [0, 0.05) is 12.7 Å². The quantitative estimate of drug-likeness (QED) is 0.351. The summed E-state index contributed by atoms with van der Waals surface area (Å²) in [4.78, 5) is 28.7. The van der Waals surface area contributed by atoms with Crippen LogP contribution >= 0.6 is 23.2 Å². The van der Waals surface area contributed by atoms with E-state index in [4.69, 9.17) is 27.9 Å². The highest BCUT2D eigenvalue weighted by Crippen LogP contribution is 2.57. The van der Waals surface area contributed by atoms with Crippen molar-refractivity contribution in [3.8, 4) is 0 Å². The molecule has 35 heavy (non-hydrogen) atoms. The summed E-state index contributed by atoms with van der Waals surface area (Å²) in [5.41, 5.74) is 4.63. The summed E-state index contributed by atoms with van der Waals surface area (Å²) in [6.45, 7) is 9.42. The topological polar surface area (TPSA) is 68.3 Å². The summed E-state index contributed by atoms with van der Waals surface area (Å²) in [6, 6.07) is 8.44. The number of aromatic nitrogens is 1. The highest BCUT2D eigenvalue weighted by atomic mass is 35.5. The molecule has 1 amide bonds. The third-order valence-electron chi connectivity index (χ3n) is 8.22. The number of hydrogen-bond donors (Lipinski definition) is 1. The number of halogens is 2. The molecule has 1 aromatic heterocycles. The minimum Gasteiger partial charge on any atom is -0.452 e. The third-order valence-corrected chi connectivity index (χ3v) is 8.91. The van der Waals surface area contributed by atoms with E-state index in [0.29, 0.717) is 18.4 Å². The highest BCUT2D eigenvalue weighted by Gasteiger charge is 2.51. The maximum absolute atomic E-state index is 12.6. The Morgan fingerprint density at radius 2 is 1.97 bits per heavy atom. The third kappa shape index (κ3) is 5.22. The van der Waals surface area contributed by atoms with Crippen molar-refractivity contribution in [2.75, 3.05) is 13.2 Å². The van der Waals surface area contributed by atoms with Gasteiger partial charge in [-0.15, -0.1) is 0 Å². The molecule has 3 unspecified atom stereocenters. The zero-order valence-electron chi connectivity index (χ0n) is 20.9. The van der Waals surface area contributed by atoms with Gasteiger partial charge in [-0.05, 0) is 71.1 Å². The fourth-order valence-electron chi connectivity index (χ4n) is 6.31. The van der Waals surface area contributed by atoms with Crippen molar-refractivity contribution in [2.24, 2.45) is 11.3 Å². The second-order valence-electron chi connectivity index (χ2n) is 10.9. The molecule has 0 spiro atoms. The summed E-state index contributed by atoms with van der Waals surface area (Å²) in [6.07, 6.45) is 6.85. The number of carbonyl (C=O) groups is 2. The van der Waals surface area contributed by atoms with Gasteiger partial charge in [0.25, 0.3) is 5.91 Å². The molecule has 3 atom stereocenters. The number of fused-ring (bicyclic) bond motifs is 3. The van der Waals surface area contributed by atoms with E-state index >= 15 is 0 Å². The molecular weight excluding hydrogens is 483 g/mol. The molecule has 7 heteroatoms. The normalized spacial score (nSPS) is 25.5. The van der Waals surface area contributed by atoms with Gasteiger partial charge in [0.05, 0.1) is 10.6 Å². The lowest BCUT2D eigenvalue weighted by atomic mass is 9.49. The molecule has 2 aromatic rings. The summed E-state index contributed by atoms with van der Waals surface area (Å²) in [7, 11) is 0. The molecule has 1 saturated carbocycles.